The van der Waals surface area contributed by atoms with E-state index in [1.54, 1.807) is 0 Å². The molecular formula is C13H26N2O. The Hall–Kier alpha value is -0.120. The Labute approximate surface area is 99.2 Å². The van der Waals surface area contributed by atoms with E-state index in [1.165, 1.54) is 51.9 Å². The molecule has 2 aliphatic rings. The molecule has 94 valence electrons. The summed E-state index contributed by atoms with van der Waals surface area (Å²) in [5.41, 5.74) is 0. The predicted molar refractivity (Wildman–Crippen MR) is 66.5 cm³/mol. The van der Waals surface area contributed by atoms with Crippen molar-refractivity contribution in [3.8, 4) is 0 Å². The first kappa shape index (κ1) is 12.3. The van der Waals surface area contributed by atoms with E-state index in [2.05, 4.69) is 10.2 Å². The highest BCUT2D eigenvalue weighted by Gasteiger charge is 2.27. The van der Waals surface area contributed by atoms with Gasteiger partial charge >= 0.3 is 0 Å². The van der Waals surface area contributed by atoms with Gasteiger partial charge in [0.05, 0.1) is 6.10 Å². The molecule has 0 radical (unpaired) electrons. The molecule has 16 heavy (non-hydrogen) atoms. The Morgan fingerprint density at radius 3 is 2.94 bits per heavy atom. The summed E-state index contributed by atoms with van der Waals surface area (Å²) in [6.07, 6.45) is 6.13. The quantitative estimate of drug-likeness (QED) is 0.756. The van der Waals surface area contributed by atoms with E-state index in [-0.39, 0.29) is 6.10 Å². The first-order valence-corrected chi connectivity index (χ1v) is 6.88. The van der Waals surface area contributed by atoms with Gasteiger partial charge in [0.1, 0.15) is 0 Å². The lowest BCUT2D eigenvalue weighted by Gasteiger charge is -2.31. The molecule has 0 spiro atoms. The smallest absolute Gasteiger partial charge is 0.0527 e. The topological polar surface area (TPSA) is 35.5 Å². The van der Waals surface area contributed by atoms with Crippen LogP contribution < -0.4 is 5.32 Å². The fraction of sp³-hybridized carbons (Fsp3) is 1.00. The predicted octanol–water partition coefficient (Wildman–Crippen LogP) is 1.22. The molecular weight excluding hydrogens is 200 g/mol. The van der Waals surface area contributed by atoms with E-state index in [4.69, 9.17) is 0 Å². The Morgan fingerprint density at radius 1 is 1.38 bits per heavy atom. The van der Waals surface area contributed by atoms with Crippen molar-refractivity contribution in [1.29, 1.82) is 0 Å². The van der Waals surface area contributed by atoms with Gasteiger partial charge in [-0.25, -0.2) is 0 Å². The van der Waals surface area contributed by atoms with Crippen molar-refractivity contribution in [3.63, 3.8) is 0 Å². The van der Waals surface area contributed by atoms with E-state index in [0.29, 0.717) is 6.04 Å². The van der Waals surface area contributed by atoms with Crippen LogP contribution in [0, 0.1) is 5.92 Å². The largest absolute Gasteiger partial charge is 0.393 e. The van der Waals surface area contributed by atoms with E-state index in [9.17, 15) is 5.11 Å². The third-order valence-electron chi connectivity index (χ3n) is 4.00. The highest BCUT2D eigenvalue weighted by molar-refractivity contribution is 4.83. The zero-order valence-corrected chi connectivity index (χ0v) is 10.5. The maximum atomic E-state index is 9.50. The summed E-state index contributed by atoms with van der Waals surface area (Å²) in [4.78, 5) is 2.62. The maximum absolute atomic E-state index is 9.50. The highest BCUT2D eigenvalue weighted by atomic mass is 16.3. The maximum Gasteiger partial charge on any atom is 0.0527 e. The lowest BCUT2D eigenvalue weighted by atomic mass is 9.98. The fourth-order valence-corrected chi connectivity index (χ4v) is 3.21. The second kappa shape index (κ2) is 5.99. The Kier molecular flexibility index (Phi) is 4.62. The van der Waals surface area contributed by atoms with Crippen LogP contribution in [0.1, 0.15) is 39.0 Å². The second-order valence-electron chi connectivity index (χ2n) is 5.59. The van der Waals surface area contributed by atoms with E-state index in [0.717, 1.165) is 12.3 Å². The minimum absolute atomic E-state index is 0.143. The highest BCUT2D eigenvalue weighted by Crippen LogP contribution is 2.24. The lowest BCUT2D eigenvalue weighted by molar-refractivity contribution is 0.121. The number of nitrogens with one attached hydrogen (secondary N) is 1. The Balaban J connectivity index is 1.78. The van der Waals surface area contributed by atoms with Gasteiger partial charge in [0, 0.05) is 12.6 Å². The van der Waals surface area contributed by atoms with Crippen molar-refractivity contribution in [2.75, 3.05) is 26.2 Å². The van der Waals surface area contributed by atoms with E-state index in [1.807, 2.05) is 6.92 Å². The number of hydrogen-bond donors (Lipinski definition) is 2. The molecule has 3 nitrogen and oxygen atoms in total. The molecule has 3 atom stereocenters. The number of hydrogen-bond acceptors (Lipinski definition) is 3. The minimum atomic E-state index is -0.143. The minimum Gasteiger partial charge on any atom is -0.393 e. The Bertz CT molecular complexity index is 202. The molecule has 2 rings (SSSR count). The molecule has 0 amide bonds. The lowest BCUT2D eigenvalue weighted by Crippen LogP contribution is -2.41. The van der Waals surface area contributed by atoms with Gasteiger partial charge in [0.15, 0.2) is 0 Å². The number of nitrogens with zero attached hydrogens (tertiary/aromatic N) is 1. The summed E-state index contributed by atoms with van der Waals surface area (Å²) in [7, 11) is 0. The average molecular weight is 226 g/mol. The summed E-state index contributed by atoms with van der Waals surface area (Å²) in [6.45, 7) is 6.79. The molecule has 2 saturated heterocycles. The monoisotopic (exact) mass is 226 g/mol. The number of rotatable bonds is 4. The molecule has 3 heteroatoms. The van der Waals surface area contributed by atoms with Crippen LogP contribution in [0.3, 0.4) is 0 Å². The summed E-state index contributed by atoms with van der Waals surface area (Å²) < 4.78 is 0. The van der Waals surface area contributed by atoms with Gasteiger partial charge in [0.2, 0.25) is 0 Å². The van der Waals surface area contributed by atoms with Crippen molar-refractivity contribution >= 4 is 0 Å². The van der Waals surface area contributed by atoms with Crippen molar-refractivity contribution in [3.05, 3.63) is 0 Å². The molecule has 2 N–H and O–H groups in total. The van der Waals surface area contributed by atoms with Crippen LogP contribution in [0.25, 0.3) is 0 Å². The second-order valence-corrected chi connectivity index (χ2v) is 5.59. The Morgan fingerprint density at radius 2 is 2.25 bits per heavy atom. The van der Waals surface area contributed by atoms with Gasteiger partial charge in [-0.2, -0.15) is 0 Å². The normalized spacial score (nSPS) is 34.1. The number of piperidine rings is 1. The molecule has 2 fully saturated rings. The van der Waals surface area contributed by atoms with Gasteiger partial charge in [-0.05, 0) is 64.6 Å². The molecule has 0 aromatic heterocycles. The molecule has 2 aliphatic heterocycles. The van der Waals surface area contributed by atoms with E-state index < -0.39 is 0 Å². The first-order valence-electron chi connectivity index (χ1n) is 6.88. The van der Waals surface area contributed by atoms with Crippen molar-refractivity contribution in [2.45, 2.75) is 51.2 Å². The summed E-state index contributed by atoms with van der Waals surface area (Å²) in [5, 5.41) is 13.0. The van der Waals surface area contributed by atoms with Gasteiger partial charge in [-0.15, -0.1) is 0 Å². The molecule has 0 saturated carbocycles. The van der Waals surface area contributed by atoms with Gasteiger partial charge < -0.3 is 10.4 Å². The van der Waals surface area contributed by atoms with Crippen LogP contribution in [0.4, 0.5) is 0 Å². The SMILES string of the molecule is CC(O)CC1CCCN1CC1CCCNC1. The molecule has 0 aromatic rings. The van der Waals surface area contributed by atoms with Crippen LogP contribution in [0.15, 0.2) is 0 Å². The van der Waals surface area contributed by atoms with Crippen LogP contribution in [-0.2, 0) is 0 Å². The van der Waals surface area contributed by atoms with Crippen LogP contribution in [0.5, 0.6) is 0 Å². The van der Waals surface area contributed by atoms with Crippen LogP contribution >= 0.6 is 0 Å². The fourth-order valence-electron chi connectivity index (χ4n) is 3.21. The van der Waals surface area contributed by atoms with Crippen molar-refractivity contribution in [2.24, 2.45) is 5.92 Å². The summed E-state index contributed by atoms with van der Waals surface area (Å²) >= 11 is 0. The standard InChI is InChI=1S/C13H26N2O/c1-11(16)8-13-5-3-7-15(13)10-12-4-2-6-14-9-12/h11-14,16H,2-10H2,1H3. The molecule has 0 aliphatic carbocycles. The molecule has 0 aromatic carbocycles. The molecule has 2 heterocycles. The van der Waals surface area contributed by atoms with Gasteiger partial charge in [0.25, 0.3) is 0 Å². The van der Waals surface area contributed by atoms with Crippen LogP contribution in [-0.4, -0.2) is 48.3 Å². The number of aliphatic hydroxyl groups excluding tert-OH is 1. The first-order chi connectivity index (χ1) is 7.75. The molecule has 3 unspecified atom stereocenters. The average Bonchev–Trinajstić information content (AvgIpc) is 2.66. The van der Waals surface area contributed by atoms with Gasteiger partial charge in [-0.1, -0.05) is 0 Å². The third kappa shape index (κ3) is 3.44. The zero-order valence-electron chi connectivity index (χ0n) is 10.5. The number of aliphatic hydroxyl groups is 1. The molecule has 0 bridgehead atoms. The zero-order chi connectivity index (χ0) is 11.4. The van der Waals surface area contributed by atoms with Crippen molar-refractivity contribution < 1.29 is 5.11 Å². The summed E-state index contributed by atoms with van der Waals surface area (Å²) in [5.74, 6) is 0.836. The number of likely N-dealkylation sites (tertiary alicyclic amines) is 1. The summed E-state index contributed by atoms with van der Waals surface area (Å²) in [6, 6.07) is 0.641. The third-order valence-corrected chi connectivity index (χ3v) is 4.00. The van der Waals surface area contributed by atoms with Crippen molar-refractivity contribution in [1.82, 2.24) is 10.2 Å². The van der Waals surface area contributed by atoms with Crippen LogP contribution in [0.2, 0.25) is 0 Å². The van der Waals surface area contributed by atoms with Gasteiger partial charge in [-0.3, -0.25) is 4.90 Å². The van der Waals surface area contributed by atoms with E-state index >= 15 is 0 Å².